The maximum Gasteiger partial charge on any atom is 0.360 e. The highest BCUT2D eigenvalue weighted by molar-refractivity contribution is 6.06. The number of ether oxygens (including phenoxy) is 3. The maximum absolute atomic E-state index is 13.1. The van der Waals surface area contributed by atoms with Crippen molar-refractivity contribution < 1.29 is 28.6 Å². The topological polar surface area (TPSA) is 96.7 Å². The highest BCUT2D eigenvalue weighted by Gasteiger charge is 2.33. The molecule has 0 saturated carbocycles. The van der Waals surface area contributed by atoms with E-state index in [-0.39, 0.29) is 24.5 Å². The first-order chi connectivity index (χ1) is 16.2. The molecule has 0 atom stereocenters. The molecule has 2 aromatic carbocycles. The minimum absolute atomic E-state index is 0.0109. The Kier molecular flexibility index (Phi) is 7.50. The fourth-order valence-corrected chi connectivity index (χ4v) is 3.29. The Morgan fingerprint density at radius 1 is 0.824 bits per heavy atom. The Morgan fingerprint density at radius 2 is 1.41 bits per heavy atom. The van der Waals surface area contributed by atoms with Crippen molar-refractivity contribution in [1.29, 1.82) is 0 Å². The van der Waals surface area contributed by atoms with Crippen LogP contribution in [0.1, 0.15) is 65.8 Å². The zero-order chi connectivity index (χ0) is 24.9. The van der Waals surface area contributed by atoms with Crippen molar-refractivity contribution in [3.63, 3.8) is 0 Å². The van der Waals surface area contributed by atoms with Crippen LogP contribution in [0.15, 0.2) is 54.6 Å². The summed E-state index contributed by atoms with van der Waals surface area (Å²) >= 11 is 0. The molecule has 0 aliphatic carbocycles. The molecule has 3 rings (SSSR count). The van der Waals surface area contributed by atoms with Gasteiger partial charge in [-0.1, -0.05) is 30.3 Å². The van der Waals surface area contributed by atoms with Crippen molar-refractivity contribution in [1.82, 2.24) is 9.78 Å². The van der Waals surface area contributed by atoms with Gasteiger partial charge in [0.2, 0.25) is 0 Å². The Bertz CT molecular complexity index is 1170. The molecule has 0 N–H and O–H groups in total. The molecule has 8 heteroatoms. The number of benzene rings is 2. The zero-order valence-electron chi connectivity index (χ0n) is 20.0. The van der Waals surface area contributed by atoms with Gasteiger partial charge in [0.1, 0.15) is 11.2 Å². The largest absolute Gasteiger partial charge is 0.462 e. The van der Waals surface area contributed by atoms with Crippen LogP contribution in [-0.2, 0) is 14.2 Å². The average molecular weight is 465 g/mol. The van der Waals surface area contributed by atoms with Crippen LogP contribution in [0.2, 0.25) is 0 Å². The van der Waals surface area contributed by atoms with Crippen molar-refractivity contribution in [3.05, 3.63) is 71.4 Å². The minimum atomic E-state index is -0.791. The highest BCUT2D eigenvalue weighted by Crippen LogP contribution is 2.31. The van der Waals surface area contributed by atoms with E-state index < -0.39 is 23.5 Å². The third kappa shape index (κ3) is 5.51. The van der Waals surface area contributed by atoms with Gasteiger partial charge in [0.15, 0.2) is 5.69 Å². The van der Waals surface area contributed by atoms with E-state index in [1.54, 1.807) is 58.9 Å². The van der Waals surface area contributed by atoms with Crippen LogP contribution in [-0.4, -0.2) is 46.5 Å². The number of carbonyl (C=O) groups is 3. The lowest BCUT2D eigenvalue weighted by atomic mass is 10.0. The SMILES string of the molecule is CCOC(=O)c1ccc(-n2nc(C(=O)OC(C)(C)C)c(C(=O)OCC)c2-c2ccccc2)cc1. The van der Waals surface area contributed by atoms with Crippen LogP contribution in [0.4, 0.5) is 0 Å². The predicted molar refractivity (Wildman–Crippen MR) is 126 cm³/mol. The summed E-state index contributed by atoms with van der Waals surface area (Å²) in [6.45, 7) is 9.01. The van der Waals surface area contributed by atoms with E-state index in [9.17, 15) is 14.4 Å². The van der Waals surface area contributed by atoms with Gasteiger partial charge in [-0.2, -0.15) is 5.10 Å². The number of aromatic nitrogens is 2. The number of carbonyl (C=O) groups excluding carboxylic acids is 3. The maximum atomic E-state index is 13.1. The number of rotatable bonds is 7. The van der Waals surface area contributed by atoms with Crippen LogP contribution < -0.4 is 0 Å². The summed E-state index contributed by atoms with van der Waals surface area (Å²) < 4.78 is 17.3. The van der Waals surface area contributed by atoms with Crippen molar-refractivity contribution in [2.45, 2.75) is 40.2 Å². The van der Waals surface area contributed by atoms with Crippen molar-refractivity contribution in [2.75, 3.05) is 13.2 Å². The number of hydrogen-bond donors (Lipinski definition) is 0. The Labute approximate surface area is 198 Å². The standard InChI is InChI=1S/C26H28N2O6/c1-6-32-23(29)18-13-15-19(16-14-18)28-22(17-11-9-8-10-12-17)20(24(30)33-7-2)21(27-28)25(31)34-26(3,4)5/h8-16H,6-7H2,1-5H3. The van der Waals surface area contributed by atoms with Crippen LogP contribution in [0, 0.1) is 0 Å². The third-order valence-corrected chi connectivity index (χ3v) is 4.63. The van der Waals surface area contributed by atoms with E-state index in [1.807, 2.05) is 30.3 Å². The van der Waals surface area contributed by atoms with Crippen molar-refractivity contribution in [3.8, 4) is 16.9 Å². The molecular formula is C26H28N2O6. The molecule has 0 aliphatic heterocycles. The molecule has 0 aliphatic rings. The first-order valence-electron chi connectivity index (χ1n) is 11.0. The fraction of sp³-hybridized carbons (Fsp3) is 0.308. The molecule has 0 unspecified atom stereocenters. The predicted octanol–water partition coefficient (Wildman–Crippen LogP) is 4.85. The monoisotopic (exact) mass is 464 g/mol. The summed E-state index contributed by atoms with van der Waals surface area (Å²) in [5.41, 5.74) is 1.01. The fourth-order valence-electron chi connectivity index (χ4n) is 3.29. The number of esters is 3. The smallest absolute Gasteiger partial charge is 0.360 e. The van der Waals surface area contributed by atoms with E-state index in [1.165, 1.54) is 4.68 Å². The Morgan fingerprint density at radius 3 is 1.97 bits per heavy atom. The molecule has 0 saturated heterocycles. The summed E-state index contributed by atoms with van der Waals surface area (Å²) in [6.07, 6.45) is 0. The second kappa shape index (κ2) is 10.3. The van der Waals surface area contributed by atoms with E-state index in [0.29, 0.717) is 22.5 Å². The van der Waals surface area contributed by atoms with Gasteiger partial charge in [-0.05, 0) is 58.9 Å². The molecule has 1 aromatic heterocycles. The molecule has 0 bridgehead atoms. The van der Waals surface area contributed by atoms with E-state index >= 15 is 0 Å². The van der Waals surface area contributed by atoms with Gasteiger partial charge >= 0.3 is 17.9 Å². The Balaban J connectivity index is 2.24. The summed E-state index contributed by atoms with van der Waals surface area (Å²) in [4.78, 5) is 38.2. The second-order valence-corrected chi connectivity index (χ2v) is 8.34. The van der Waals surface area contributed by atoms with Gasteiger partial charge in [0.25, 0.3) is 0 Å². The van der Waals surface area contributed by atoms with Crippen LogP contribution in [0.3, 0.4) is 0 Å². The summed E-state index contributed by atoms with van der Waals surface area (Å²) in [6, 6.07) is 15.6. The average Bonchev–Trinajstić information content (AvgIpc) is 3.20. The van der Waals surface area contributed by atoms with Gasteiger partial charge in [-0.25, -0.2) is 19.1 Å². The third-order valence-electron chi connectivity index (χ3n) is 4.63. The number of hydrogen-bond acceptors (Lipinski definition) is 7. The quantitative estimate of drug-likeness (QED) is 0.364. The van der Waals surface area contributed by atoms with Crippen molar-refractivity contribution in [2.24, 2.45) is 0 Å². The van der Waals surface area contributed by atoms with Crippen LogP contribution in [0.5, 0.6) is 0 Å². The molecule has 178 valence electrons. The van der Waals surface area contributed by atoms with Crippen LogP contribution in [0.25, 0.3) is 16.9 Å². The summed E-state index contributed by atoms with van der Waals surface area (Å²) in [5, 5.41) is 4.48. The normalized spacial score (nSPS) is 11.1. The van der Waals surface area contributed by atoms with E-state index in [4.69, 9.17) is 14.2 Å². The molecule has 0 radical (unpaired) electrons. The lowest BCUT2D eigenvalue weighted by Crippen LogP contribution is -2.25. The molecular weight excluding hydrogens is 436 g/mol. The summed E-state index contributed by atoms with van der Waals surface area (Å²) in [7, 11) is 0. The van der Waals surface area contributed by atoms with Gasteiger partial charge < -0.3 is 14.2 Å². The lowest BCUT2D eigenvalue weighted by Gasteiger charge is -2.18. The first-order valence-corrected chi connectivity index (χ1v) is 11.0. The van der Waals surface area contributed by atoms with Gasteiger partial charge in [0.05, 0.1) is 30.2 Å². The van der Waals surface area contributed by atoms with E-state index in [0.717, 1.165) is 0 Å². The first kappa shape index (κ1) is 24.7. The molecule has 34 heavy (non-hydrogen) atoms. The van der Waals surface area contributed by atoms with Crippen LogP contribution >= 0.6 is 0 Å². The lowest BCUT2D eigenvalue weighted by molar-refractivity contribution is 0.00571. The molecule has 0 fully saturated rings. The minimum Gasteiger partial charge on any atom is -0.462 e. The van der Waals surface area contributed by atoms with Crippen molar-refractivity contribution >= 4 is 17.9 Å². The molecule has 0 spiro atoms. The zero-order valence-corrected chi connectivity index (χ0v) is 20.0. The molecule has 1 heterocycles. The van der Waals surface area contributed by atoms with E-state index in [2.05, 4.69) is 5.10 Å². The second-order valence-electron chi connectivity index (χ2n) is 8.34. The molecule has 3 aromatic rings. The summed E-state index contributed by atoms with van der Waals surface area (Å²) in [5.74, 6) is -1.87. The number of nitrogens with zero attached hydrogens (tertiary/aromatic N) is 2. The van der Waals surface area contributed by atoms with Gasteiger partial charge in [-0.15, -0.1) is 0 Å². The van der Waals surface area contributed by atoms with Gasteiger partial charge in [-0.3, -0.25) is 0 Å². The molecule has 8 nitrogen and oxygen atoms in total. The Hall–Kier alpha value is -3.94. The molecule has 0 amide bonds. The van der Waals surface area contributed by atoms with Gasteiger partial charge in [0, 0.05) is 5.56 Å². The highest BCUT2D eigenvalue weighted by atomic mass is 16.6.